The molecular weight excluding hydrogens is 666 g/mol. The van der Waals surface area contributed by atoms with Crippen molar-refractivity contribution in [2.24, 2.45) is 23.7 Å². The second-order valence-electron chi connectivity index (χ2n) is 15.2. The molecule has 52 heavy (non-hydrogen) atoms. The highest BCUT2D eigenvalue weighted by molar-refractivity contribution is 5.73. The predicted octanol–water partition coefficient (Wildman–Crippen LogP) is 4.89. The Labute approximate surface area is 319 Å². The van der Waals surface area contributed by atoms with Gasteiger partial charge in [-0.25, -0.2) is 0 Å². The van der Waals surface area contributed by atoms with Gasteiger partial charge in [0.1, 0.15) is 12.2 Å². The minimum Gasteiger partial charge on any atom is -0.459 e. The molecule has 5 N–H and O–H groups in total. The zero-order valence-corrected chi connectivity index (χ0v) is 36.3. The molecule has 12 nitrogen and oxygen atoms in total. The lowest BCUT2D eigenvalue weighted by Crippen LogP contribution is -2.51. The molecule has 314 valence electrons. The van der Waals surface area contributed by atoms with E-state index >= 15 is 0 Å². The molecule has 15 atom stereocenters. The number of aliphatic hydroxyl groups excluding tert-OH is 4. The number of likely N-dealkylation sites (N-methyl/N-ethyl adjacent to an activating group) is 2. The third-order valence-corrected chi connectivity index (χ3v) is 10.1. The van der Waals surface area contributed by atoms with Crippen LogP contribution in [0.3, 0.4) is 0 Å². The van der Waals surface area contributed by atoms with E-state index in [1.54, 1.807) is 27.8 Å². The number of nitrogens with zero attached hydrogens (tertiary/aromatic N) is 2. The maximum absolute atomic E-state index is 13.4. The normalized spacial score (nSPS) is 35.8. The molecule has 2 fully saturated rings. The number of cyclic esters (lactones) is 1. The monoisotopic (exact) mass is 752 g/mol. The highest BCUT2D eigenvalue weighted by Crippen LogP contribution is 2.30. The predicted molar refractivity (Wildman–Crippen MR) is 211 cm³/mol. The van der Waals surface area contributed by atoms with Crippen molar-refractivity contribution < 1.29 is 44.2 Å². The molecule has 0 bridgehead atoms. The minimum atomic E-state index is -1.21. The van der Waals surface area contributed by atoms with Crippen LogP contribution in [-0.2, 0) is 23.7 Å². The summed E-state index contributed by atoms with van der Waals surface area (Å²) in [5.74, 6) is -0.321. The smallest absolute Gasteiger partial charge is 0.311 e. The van der Waals surface area contributed by atoms with Crippen molar-refractivity contribution in [1.82, 2.24) is 15.1 Å². The Hall–Kier alpha value is -0.930. The lowest BCUT2D eigenvalue weighted by molar-refractivity contribution is -0.224. The molecule has 0 amide bonds. The zero-order chi connectivity index (χ0) is 40.9. The van der Waals surface area contributed by atoms with Gasteiger partial charge in [-0.3, -0.25) is 4.79 Å². The number of hydrogen-bond donors (Lipinski definition) is 5. The first kappa shape index (κ1) is 53.2. The van der Waals surface area contributed by atoms with Gasteiger partial charge in [0.15, 0.2) is 12.6 Å². The SMILES string of the molecule is CC.CC.CC1CC(N(C)C)CC(O)O1.CCC1OC(=O)C(C)C(O[C@@H](CNC)OC(C)[C@@H](C)O)C(C)CC(C)CC(C)CN(C)[C@H](C)[C@@H](O)C1O. The number of esters is 1. The molecule has 12 heteroatoms. The Morgan fingerprint density at radius 2 is 1.50 bits per heavy atom. The fourth-order valence-corrected chi connectivity index (χ4v) is 6.92. The van der Waals surface area contributed by atoms with E-state index in [9.17, 15) is 25.2 Å². The molecule has 11 unspecified atom stereocenters. The Kier molecular flexibility index (Phi) is 29.1. The van der Waals surface area contributed by atoms with E-state index in [4.69, 9.17) is 18.9 Å². The second-order valence-corrected chi connectivity index (χ2v) is 15.2. The summed E-state index contributed by atoms with van der Waals surface area (Å²) in [5.41, 5.74) is 0. The molecule has 2 aliphatic rings. The molecule has 2 saturated heterocycles. The Morgan fingerprint density at radius 1 is 0.923 bits per heavy atom. The first-order valence-corrected chi connectivity index (χ1v) is 20.2. The molecule has 0 radical (unpaired) electrons. The number of aliphatic hydroxyl groups is 4. The van der Waals surface area contributed by atoms with E-state index in [1.165, 1.54) is 0 Å². The fraction of sp³-hybridized carbons (Fsp3) is 0.975. The highest BCUT2D eigenvalue weighted by atomic mass is 16.7. The standard InChI is InChI=1S/C28H56N2O7.C8H17NO2.2C2H6/c1-11-23-26(33)25(32)20(6)30(10)15-17(3)12-16(2)13-18(4)27(19(5)28(34)36-23)37-24(14-29-9)35-22(8)21(7)31;1-6-4-7(9(2)3)5-8(10)11-6;2*1-2/h16-27,29,31-33H,11-15H2,1-10H3;6-8,10H,4-5H2,1-3H3;2*1-2H3/t16?,17?,18?,19?,20-,21-,22?,23?,24+,25-,26?,27?;;;/m1.../s1. The maximum atomic E-state index is 13.4. The van der Waals surface area contributed by atoms with Crippen LogP contribution in [0.1, 0.15) is 122 Å². The van der Waals surface area contributed by atoms with Gasteiger partial charge in [0.05, 0.1) is 36.4 Å². The topological polar surface area (TPSA) is 153 Å². The molecule has 0 aromatic rings. The first-order valence-electron chi connectivity index (χ1n) is 20.2. The van der Waals surface area contributed by atoms with Crippen LogP contribution in [0.4, 0.5) is 0 Å². The third kappa shape index (κ3) is 19.6. The van der Waals surface area contributed by atoms with Gasteiger partial charge >= 0.3 is 5.97 Å². The molecular formula is C40H85N3O9. The van der Waals surface area contributed by atoms with Crippen molar-refractivity contribution in [3.05, 3.63) is 0 Å². The van der Waals surface area contributed by atoms with Crippen LogP contribution in [0.2, 0.25) is 0 Å². The Bertz CT molecular complexity index is 875. The van der Waals surface area contributed by atoms with Crippen LogP contribution < -0.4 is 5.32 Å². The van der Waals surface area contributed by atoms with Crippen LogP contribution in [0.25, 0.3) is 0 Å². The first-order chi connectivity index (χ1) is 24.3. The zero-order valence-electron chi connectivity index (χ0n) is 36.3. The van der Waals surface area contributed by atoms with Crippen LogP contribution in [-0.4, -0.2) is 145 Å². The number of ether oxygens (including phenoxy) is 4. The summed E-state index contributed by atoms with van der Waals surface area (Å²) >= 11 is 0. The summed E-state index contributed by atoms with van der Waals surface area (Å²) in [6.07, 6.45) is -1.81. The van der Waals surface area contributed by atoms with Crippen molar-refractivity contribution >= 4 is 5.97 Å². The molecule has 2 aliphatic heterocycles. The average molecular weight is 752 g/mol. The average Bonchev–Trinajstić information content (AvgIpc) is 3.09. The van der Waals surface area contributed by atoms with Crippen molar-refractivity contribution in [1.29, 1.82) is 0 Å². The van der Waals surface area contributed by atoms with E-state index in [0.29, 0.717) is 30.8 Å². The van der Waals surface area contributed by atoms with Gasteiger partial charge in [-0.1, -0.05) is 55.4 Å². The van der Waals surface area contributed by atoms with E-state index in [-0.39, 0.29) is 18.1 Å². The summed E-state index contributed by atoms with van der Waals surface area (Å²) in [7, 11) is 7.83. The second kappa shape index (κ2) is 28.5. The van der Waals surface area contributed by atoms with Gasteiger partial charge in [-0.15, -0.1) is 0 Å². The number of nitrogens with one attached hydrogen (secondary N) is 1. The largest absolute Gasteiger partial charge is 0.459 e. The van der Waals surface area contributed by atoms with E-state index < -0.39 is 61.1 Å². The van der Waals surface area contributed by atoms with Gasteiger partial charge in [-0.05, 0) is 106 Å². The number of carbonyl (C=O) groups is 1. The maximum Gasteiger partial charge on any atom is 0.311 e. The number of rotatable bonds is 9. The third-order valence-electron chi connectivity index (χ3n) is 10.1. The quantitative estimate of drug-likeness (QED) is 0.161. The van der Waals surface area contributed by atoms with Gasteiger partial charge < -0.3 is 54.5 Å². The summed E-state index contributed by atoms with van der Waals surface area (Å²) in [6, 6.07) is 0.169. The molecule has 0 aromatic heterocycles. The number of carbonyl (C=O) groups excluding carboxylic acids is 1. The van der Waals surface area contributed by atoms with Gasteiger partial charge in [0.25, 0.3) is 0 Å². The molecule has 2 rings (SSSR count). The Morgan fingerprint density at radius 3 is 1.98 bits per heavy atom. The minimum absolute atomic E-state index is 0.0203. The van der Waals surface area contributed by atoms with E-state index in [0.717, 1.165) is 32.2 Å². The summed E-state index contributed by atoms with van der Waals surface area (Å²) in [4.78, 5) is 17.6. The lowest BCUT2D eigenvalue weighted by Gasteiger charge is -2.36. The molecule has 0 aliphatic carbocycles. The molecule has 0 spiro atoms. The fourth-order valence-electron chi connectivity index (χ4n) is 6.92. The van der Waals surface area contributed by atoms with Crippen molar-refractivity contribution in [2.45, 2.75) is 190 Å². The molecule has 0 aromatic carbocycles. The van der Waals surface area contributed by atoms with Crippen molar-refractivity contribution in [3.63, 3.8) is 0 Å². The van der Waals surface area contributed by atoms with Crippen LogP contribution in [0.15, 0.2) is 0 Å². The van der Waals surface area contributed by atoms with Crippen LogP contribution >= 0.6 is 0 Å². The van der Waals surface area contributed by atoms with Gasteiger partial charge in [0, 0.05) is 31.6 Å². The van der Waals surface area contributed by atoms with Crippen LogP contribution in [0.5, 0.6) is 0 Å². The highest BCUT2D eigenvalue weighted by Gasteiger charge is 2.39. The van der Waals surface area contributed by atoms with Gasteiger partial charge in [-0.2, -0.15) is 0 Å². The Balaban J connectivity index is 0. The molecule has 2 heterocycles. The van der Waals surface area contributed by atoms with Crippen molar-refractivity contribution in [3.8, 4) is 0 Å². The van der Waals surface area contributed by atoms with E-state index in [1.807, 2.05) is 69.6 Å². The van der Waals surface area contributed by atoms with Gasteiger partial charge in [0.2, 0.25) is 0 Å². The summed E-state index contributed by atoms with van der Waals surface area (Å²) in [5, 5.41) is 44.1. The van der Waals surface area contributed by atoms with Crippen molar-refractivity contribution in [2.75, 3.05) is 41.3 Å². The van der Waals surface area contributed by atoms with E-state index in [2.05, 4.69) is 35.9 Å². The van der Waals surface area contributed by atoms with Crippen LogP contribution in [0, 0.1) is 23.7 Å². The lowest BCUT2D eigenvalue weighted by atomic mass is 9.83. The number of hydrogen-bond acceptors (Lipinski definition) is 12. The summed E-state index contributed by atoms with van der Waals surface area (Å²) < 4.78 is 23.4. The molecule has 0 saturated carbocycles. The summed E-state index contributed by atoms with van der Waals surface area (Å²) in [6.45, 7) is 26.6.